The standard InChI is InChI=1S/C27H22N6O/c34-27(32-15-12-20(17-32)19-6-4-13-28-16-19)23-7-1-2-11-26(23)33-18-25(30-31-33)22-8-3-10-24-21(22)9-5-14-29-24/h1-11,13-14,16,18,20H,12,15,17H2. The van der Waals surface area contributed by atoms with E-state index in [1.54, 1.807) is 17.1 Å². The van der Waals surface area contributed by atoms with Crippen LogP contribution in [0.2, 0.25) is 0 Å². The fourth-order valence-corrected chi connectivity index (χ4v) is 4.69. The van der Waals surface area contributed by atoms with Crippen molar-refractivity contribution in [2.75, 3.05) is 13.1 Å². The third-order valence-electron chi connectivity index (χ3n) is 6.43. The first-order valence-electron chi connectivity index (χ1n) is 11.3. The summed E-state index contributed by atoms with van der Waals surface area (Å²) in [5.74, 6) is 0.316. The molecule has 1 atom stereocenters. The number of carbonyl (C=O) groups is 1. The first-order valence-corrected chi connectivity index (χ1v) is 11.3. The number of para-hydroxylation sites is 1. The number of benzene rings is 2. The van der Waals surface area contributed by atoms with Gasteiger partial charge in [0.15, 0.2) is 0 Å². The number of amides is 1. The van der Waals surface area contributed by atoms with Gasteiger partial charge < -0.3 is 4.90 Å². The minimum Gasteiger partial charge on any atom is -0.338 e. The lowest BCUT2D eigenvalue weighted by atomic mass is 10.0. The van der Waals surface area contributed by atoms with Gasteiger partial charge in [0.1, 0.15) is 5.69 Å². The average molecular weight is 447 g/mol. The van der Waals surface area contributed by atoms with Gasteiger partial charge in [0.05, 0.1) is 23.0 Å². The minimum atomic E-state index is 0.00778. The van der Waals surface area contributed by atoms with Crippen LogP contribution in [-0.2, 0) is 0 Å². The van der Waals surface area contributed by atoms with Gasteiger partial charge in [0, 0.05) is 48.5 Å². The molecule has 2 aromatic carbocycles. The number of aromatic nitrogens is 5. The van der Waals surface area contributed by atoms with Crippen LogP contribution in [0.1, 0.15) is 28.3 Å². The van der Waals surface area contributed by atoms with Gasteiger partial charge in [0.2, 0.25) is 0 Å². The highest BCUT2D eigenvalue weighted by Gasteiger charge is 2.29. The second kappa shape index (κ2) is 8.51. The number of nitrogens with zero attached hydrogens (tertiary/aromatic N) is 6. The van der Waals surface area contributed by atoms with Gasteiger partial charge in [0.25, 0.3) is 5.91 Å². The van der Waals surface area contributed by atoms with E-state index in [1.165, 1.54) is 5.56 Å². The predicted molar refractivity (Wildman–Crippen MR) is 130 cm³/mol. The zero-order chi connectivity index (χ0) is 22.9. The van der Waals surface area contributed by atoms with Crippen LogP contribution >= 0.6 is 0 Å². The number of hydrogen-bond donors (Lipinski definition) is 0. The molecule has 0 saturated carbocycles. The summed E-state index contributed by atoms with van der Waals surface area (Å²) in [5, 5.41) is 9.80. The van der Waals surface area contributed by atoms with Crippen molar-refractivity contribution in [2.45, 2.75) is 12.3 Å². The van der Waals surface area contributed by atoms with Crippen molar-refractivity contribution in [2.24, 2.45) is 0 Å². The number of fused-ring (bicyclic) bond motifs is 1. The molecule has 7 nitrogen and oxygen atoms in total. The van der Waals surface area contributed by atoms with Gasteiger partial charge in [-0.1, -0.05) is 41.6 Å². The Labute approximate surface area is 196 Å². The topological polar surface area (TPSA) is 76.8 Å². The largest absolute Gasteiger partial charge is 0.338 e. The monoisotopic (exact) mass is 446 g/mol. The van der Waals surface area contributed by atoms with Crippen LogP contribution in [0.15, 0.2) is 91.5 Å². The molecule has 34 heavy (non-hydrogen) atoms. The van der Waals surface area contributed by atoms with E-state index in [2.05, 4.69) is 26.3 Å². The molecule has 166 valence electrons. The van der Waals surface area contributed by atoms with Crippen molar-refractivity contribution in [1.29, 1.82) is 0 Å². The second-order valence-electron chi connectivity index (χ2n) is 8.46. The van der Waals surface area contributed by atoms with Crippen LogP contribution in [0.5, 0.6) is 0 Å². The van der Waals surface area contributed by atoms with Crippen molar-refractivity contribution < 1.29 is 4.79 Å². The molecule has 1 aliphatic rings. The Kier molecular flexibility index (Phi) is 5.07. The lowest BCUT2D eigenvalue weighted by Crippen LogP contribution is -2.29. The number of likely N-dealkylation sites (tertiary alicyclic amines) is 1. The summed E-state index contributed by atoms with van der Waals surface area (Å²) >= 11 is 0. The van der Waals surface area contributed by atoms with E-state index in [-0.39, 0.29) is 5.91 Å². The van der Waals surface area contributed by atoms with Gasteiger partial charge in [-0.15, -0.1) is 5.10 Å². The quantitative estimate of drug-likeness (QED) is 0.406. The third kappa shape index (κ3) is 3.61. The number of carbonyl (C=O) groups excluding carboxylic acids is 1. The van der Waals surface area contributed by atoms with Crippen molar-refractivity contribution in [1.82, 2.24) is 29.9 Å². The maximum atomic E-state index is 13.5. The van der Waals surface area contributed by atoms with Gasteiger partial charge in [-0.3, -0.25) is 14.8 Å². The average Bonchev–Trinajstić information content (AvgIpc) is 3.59. The van der Waals surface area contributed by atoms with E-state index in [0.717, 1.165) is 40.8 Å². The molecule has 4 heterocycles. The number of rotatable bonds is 4. The summed E-state index contributed by atoms with van der Waals surface area (Å²) in [5.41, 5.74) is 5.11. The van der Waals surface area contributed by atoms with E-state index in [0.29, 0.717) is 18.0 Å². The fourth-order valence-electron chi connectivity index (χ4n) is 4.69. The highest BCUT2D eigenvalue weighted by Crippen LogP contribution is 2.30. The molecule has 1 fully saturated rings. The molecule has 1 unspecified atom stereocenters. The van der Waals surface area contributed by atoms with Crippen LogP contribution in [0, 0.1) is 0 Å². The highest BCUT2D eigenvalue weighted by atomic mass is 16.2. The van der Waals surface area contributed by atoms with Crippen LogP contribution in [0.4, 0.5) is 0 Å². The van der Waals surface area contributed by atoms with Crippen LogP contribution in [0.3, 0.4) is 0 Å². The molecule has 0 aliphatic carbocycles. The molecule has 7 heteroatoms. The molecule has 0 N–H and O–H groups in total. The van der Waals surface area contributed by atoms with Gasteiger partial charge >= 0.3 is 0 Å². The van der Waals surface area contributed by atoms with Crippen LogP contribution in [0.25, 0.3) is 27.8 Å². The Balaban J connectivity index is 1.30. The van der Waals surface area contributed by atoms with E-state index >= 15 is 0 Å². The lowest BCUT2D eigenvalue weighted by Gasteiger charge is -2.18. The maximum Gasteiger partial charge on any atom is 0.256 e. The Hall–Kier alpha value is -4.39. The van der Waals surface area contributed by atoms with Crippen molar-refractivity contribution >= 4 is 16.8 Å². The zero-order valence-corrected chi connectivity index (χ0v) is 18.5. The first kappa shape index (κ1) is 20.2. The minimum absolute atomic E-state index is 0.00778. The number of pyridine rings is 2. The molecule has 6 rings (SSSR count). The van der Waals surface area contributed by atoms with Gasteiger partial charge in [-0.25, -0.2) is 4.68 Å². The number of hydrogen-bond acceptors (Lipinski definition) is 5. The zero-order valence-electron chi connectivity index (χ0n) is 18.5. The Morgan fingerprint density at radius 2 is 1.85 bits per heavy atom. The normalized spacial score (nSPS) is 15.6. The van der Waals surface area contributed by atoms with E-state index < -0.39 is 0 Å². The fraction of sp³-hybridized carbons (Fsp3) is 0.148. The van der Waals surface area contributed by atoms with Crippen LogP contribution in [-0.4, -0.2) is 48.9 Å². The van der Waals surface area contributed by atoms with E-state index in [4.69, 9.17) is 0 Å². The molecule has 1 saturated heterocycles. The lowest BCUT2D eigenvalue weighted by molar-refractivity contribution is 0.0790. The highest BCUT2D eigenvalue weighted by molar-refractivity contribution is 5.98. The molecular weight excluding hydrogens is 424 g/mol. The Morgan fingerprint density at radius 3 is 2.76 bits per heavy atom. The smallest absolute Gasteiger partial charge is 0.256 e. The summed E-state index contributed by atoms with van der Waals surface area (Å²) in [6.07, 6.45) is 8.26. The summed E-state index contributed by atoms with van der Waals surface area (Å²) in [6.45, 7) is 1.41. The summed E-state index contributed by atoms with van der Waals surface area (Å²) in [7, 11) is 0. The molecule has 0 spiro atoms. The SMILES string of the molecule is O=C(c1ccccc1-n1cc(-c2cccc3ncccc23)nn1)N1CCC(c2cccnc2)C1. The molecule has 0 radical (unpaired) electrons. The van der Waals surface area contributed by atoms with Gasteiger partial charge in [-0.2, -0.15) is 0 Å². The molecule has 3 aromatic heterocycles. The third-order valence-corrected chi connectivity index (χ3v) is 6.43. The Morgan fingerprint density at radius 1 is 0.941 bits per heavy atom. The summed E-state index contributed by atoms with van der Waals surface area (Å²) in [4.78, 5) is 24.1. The first-order chi connectivity index (χ1) is 16.8. The van der Waals surface area contributed by atoms with Gasteiger partial charge in [-0.05, 0) is 42.3 Å². The van der Waals surface area contributed by atoms with E-state index in [9.17, 15) is 4.79 Å². The van der Waals surface area contributed by atoms with Crippen molar-refractivity contribution in [3.05, 3.63) is 103 Å². The van der Waals surface area contributed by atoms with Crippen LogP contribution < -0.4 is 0 Å². The van der Waals surface area contributed by atoms with Crippen molar-refractivity contribution in [3.8, 4) is 16.9 Å². The van der Waals surface area contributed by atoms with E-state index in [1.807, 2.05) is 78.0 Å². The maximum absolute atomic E-state index is 13.5. The molecule has 1 amide bonds. The predicted octanol–water partition coefficient (Wildman–Crippen LogP) is 4.51. The molecule has 0 bridgehead atoms. The summed E-state index contributed by atoms with van der Waals surface area (Å²) in [6, 6.07) is 21.5. The molecule has 1 aliphatic heterocycles. The molecule has 5 aromatic rings. The second-order valence-corrected chi connectivity index (χ2v) is 8.46. The summed E-state index contributed by atoms with van der Waals surface area (Å²) < 4.78 is 1.69. The molecular formula is C27H22N6O. The van der Waals surface area contributed by atoms with Crippen molar-refractivity contribution in [3.63, 3.8) is 0 Å². The Bertz CT molecular complexity index is 1470.